The molecule has 0 amide bonds. The summed E-state index contributed by atoms with van der Waals surface area (Å²) < 4.78 is 4.88. The maximum atomic E-state index is 11.6. The van der Waals surface area contributed by atoms with Gasteiger partial charge in [-0.05, 0) is 61.2 Å². The van der Waals surface area contributed by atoms with Crippen molar-refractivity contribution in [2.24, 2.45) is 22.7 Å². The molecule has 4 bridgehead atoms. The van der Waals surface area contributed by atoms with Crippen LogP contribution in [0, 0.1) is 22.7 Å². The number of ether oxygens (including phenoxy) is 1. The molecule has 4 atom stereocenters. The number of carbonyl (C=O) groups is 1. The smallest absolute Gasteiger partial charge is 0.306 e. The van der Waals surface area contributed by atoms with Crippen LogP contribution in [0.3, 0.4) is 0 Å². The summed E-state index contributed by atoms with van der Waals surface area (Å²) in [5.74, 6) is 1.80. The fourth-order valence-corrected chi connectivity index (χ4v) is 5.51. The van der Waals surface area contributed by atoms with Gasteiger partial charge in [-0.25, -0.2) is 0 Å². The third-order valence-electron chi connectivity index (χ3n) is 5.22. The number of esters is 1. The number of hydrogen-bond donors (Lipinski definition) is 0. The van der Waals surface area contributed by atoms with Gasteiger partial charge >= 0.3 is 5.97 Å². The molecule has 4 rings (SSSR count). The van der Waals surface area contributed by atoms with Crippen molar-refractivity contribution in [1.82, 2.24) is 0 Å². The van der Waals surface area contributed by atoms with E-state index in [0.29, 0.717) is 17.3 Å². The second-order valence-corrected chi connectivity index (χ2v) is 7.02. The highest BCUT2D eigenvalue weighted by atomic mass is 16.5. The fraction of sp³-hybridized carbons (Fsp3) is 0.929. The zero-order valence-corrected chi connectivity index (χ0v) is 10.4. The lowest BCUT2D eigenvalue weighted by Crippen LogP contribution is -2.51. The van der Waals surface area contributed by atoms with Crippen molar-refractivity contribution in [2.45, 2.75) is 51.9 Å². The van der Waals surface area contributed by atoms with Gasteiger partial charge in [0.25, 0.3) is 0 Å². The average Bonchev–Trinajstić information content (AvgIpc) is 2.12. The first kappa shape index (κ1) is 10.6. The molecule has 4 fully saturated rings. The number of rotatable bonds is 2. The van der Waals surface area contributed by atoms with Crippen LogP contribution in [0.25, 0.3) is 0 Å². The van der Waals surface area contributed by atoms with Crippen LogP contribution in [0.5, 0.6) is 0 Å². The maximum absolute atomic E-state index is 11.6. The van der Waals surface area contributed by atoms with Crippen LogP contribution in [0.15, 0.2) is 0 Å². The van der Waals surface area contributed by atoms with Crippen molar-refractivity contribution in [3.63, 3.8) is 0 Å². The molecule has 0 saturated heterocycles. The van der Waals surface area contributed by atoms with Crippen molar-refractivity contribution in [3.8, 4) is 0 Å². The van der Waals surface area contributed by atoms with E-state index in [0.717, 1.165) is 11.8 Å². The van der Waals surface area contributed by atoms with Crippen LogP contribution in [-0.4, -0.2) is 13.1 Å². The lowest BCUT2D eigenvalue weighted by Gasteiger charge is -2.61. The van der Waals surface area contributed by atoms with Gasteiger partial charge in [-0.2, -0.15) is 0 Å². The van der Waals surface area contributed by atoms with Crippen LogP contribution in [-0.2, 0) is 9.53 Å². The molecular formula is C14H22O2. The molecule has 0 aromatic carbocycles. The Kier molecular flexibility index (Phi) is 2.15. The lowest BCUT2D eigenvalue weighted by molar-refractivity contribution is -0.153. The molecule has 0 spiro atoms. The van der Waals surface area contributed by atoms with Gasteiger partial charge in [0.1, 0.15) is 0 Å². The Bertz CT molecular complexity index is 307. The average molecular weight is 222 g/mol. The minimum Gasteiger partial charge on any atom is -0.469 e. The molecule has 2 unspecified atom stereocenters. The van der Waals surface area contributed by atoms with Crippen molar-refractivity contribution in [2.75, 3.05) is 7.11 Å². The summed E-state index contributed by atoms with van der Waals surface area (Å²) in [5, 5.41) is 0. The Labute approximate surface area is 97.7 Å². The zero-order chi connectivity index (χ0) is 11.4. The summed E-state index contributed by atoms with van der Waals surface area (Å²) in [5.41, 5.74) is 0.851. The highest BCUT2D eigenvalue weighted by Crippen LogP contribution is 2.66. The molecule has 0 radical (unpaired) electrons. The van der Waals surface area contributed by atoms with E-state index in [1.165, 1.54) is 45.6 Å². The van der Waals surface area contributed by atoms with Gasteiger partial charge in [-0.15, -0.1) is 0 Å². The van der Waals surface area contributed by atoms with Gasteiger partial charge in [0, 0.05) is 0 Å². The highest BCUT2D eigenvalue weighted by Gasteiger charge is 2.56. The minimum atomic E-state index is 0.00514. The van der Waals surface area contributed by atoms with Gasteiger partial charge in [0.05, 0.1) is 13.5 Å². The summed E-state index contributed by atoms with van der Waals surface area (Å²) in [7, 11) is 1.52. The quantitative estimate of drug-likeness (QED) is 0.671. The second kappa shape index (κ2) is 3.24. The summed E-state index contributed by atoms with van der Waals surface area (Å²) in [6.45, 7) is 2.44. The van der Waals surface area contributed by atoms with Gasteiger partial charge in [0.2, 0.25) is 0 Å². The van der Waals surface area contributed by atoms with Crippen LogP contribution < -0.4 is 0 Å². The number of carbonyl (C=O) groups excluding carboxylic acids is 1. The van der Waals surface area contributed by atoms with Crippen LogP contribution in [0.1, 0.15) is 51.9 Å². The van der Waals surface area contributed by atoms with E-state index in [1.54, 1.807) is 0 Å². The SMILES string of the molecule is COC(=O)CC12C[C@@H]3C[C@@H](CC(C)(C3)C1)C2. The third kappa shape index (κ3) is 1.57. The molecule has 4 aliphatic carbocycles. The number of methoxy groups -OCH3 is 1. The first-order valence-electron chi connectivity index (χ1n) is 6.59. The molecule has 0 aliphatic heterocycles. The van der Waals surface area contributed by atoms with Gasteiger partial charge in [-0.3, -0.25) is 4.79 Å². The predicted molar refractivity (Wildman–Crippen MR) is 61.9 cm³/mol. The van der Waals surface area contributed by atoms with Crippen molar-refractivity contribution < 1.29 is 9.53 Å². The molecule has 2 heteroatoms. The molecule has 0 N–H and O–H groups in total. The molecule has 16 heavy (non-hydrogen) atoms. The summed E-state index contributed by atoms with van der Waals surface area (Å²) >= 11 is 0. The van der Waals surface area contributed by atoms with E-state index in [2.05, 4.69) is 6.92 Å². The minimum absolute atomic E-state index is 0.00514. The predicted octanol–water partition coefficient (Wildman–Crippen LogP) is 3.16. The second-order valence-electron chi connectivity index (χ2n) is 7.02. The molecular weight excluding hydrogens is 200 g/mol. The molecule has 0 heterocycles. The van der Waals surface area contributed by atoms with E-state index >= 15 is 0 Å². The monoisotopic (exact) mass is 222 g/mol. The van der Waals surface area contributed by atoms with Crippen LogP contribution in [0.4, 0.5) is 0 Å². The fourth-order valence-electron chi connectivity index (χ4n) is 5.51. The summed E-state index contributed by atoms with van der Waals surface area (Å²) in [6.07, 6.45) is 8.76. The van der Waals surface area contributed by atoms with Crippen LogP contribution in [0.2, 0.25) is 0 Å². The van der Waals surface area contributed by atoms with E-state index < -0.39 is 0 Å². The van der Waals surface area contributed by atoms with E-state index in [-0.39, 0.29) is 5.97 Å². The third-order valence-corrected chi connectivity index (χ3v) is 5.22. The lowest BCUT2D eigenvalue weighted by atomic mass is 9.44. The maximum Gasteiger partial charge on any atom is 0.306 e. The Morgan fingerprint density at radius 2 is 1.88 bits per heavy atom. The number of hydrogen-bond acceptors (Lipinski definition) is 2. The van der Waals surface area contributed by atoms with Crippen molar-refractivity contribution in [3.05, 3.63) is 0 Å². The van der Waals surface area contributed by atoms with Crippen LogP contribution >= 0.6 is 0 Å². The van der Waals surface area contributed by atoms with Gasteiger partial charge < -0.3 is 4.74 Å². The van der Waals surface area contributed by atoms with Gasteiger partial charge in [0.15, 0.2) is 0 Å². The molecule has 4 aliphatic rings. The Morgan fingerprint density at radius 3 is 2.38 bits per heavy atom. The Balaban J connectivity index is 1.83. The Morgan fingerprint density at radius 1 is 1.25 bits per heavy atom. The first-order valence-corrected chi connectivity index (χ1v) is 6.59. The summed E-state index contributed by atoms with van der Waals surface area (Å²) in [6, 6.07) is 0. The van der Waals surface area contributed by atoms with E-state index in [4.69, 9.17) is 4.74 Å². The zero-order valence-electron chi connectivity index (χ0n) is 10.4. The normalized spacial score (nSPS) is 49.4. The largest absolute Gasteiger partial charge is 0.469 e. The Hall–Kier alpha value is -0.530. The topological polar surface area (TPSA) is 26.3 Å². The van der Waals surface area contributed by atoms with Gasteiger partial charge in [-0.1, -0.05) is 6.92 Å². The standard InChI is InChI=1S/C14H22O2/c1-13-4-10-3-11(5-13)7-14(6-10,9-13)8-12(15)16-2/h10-11H,3-9H2,1-2H3/t10-,11+,13?,14?. The van der Waals surface area contributed by atoms with E-state index in [9.17, 15) is 4.79 Å². The highest BCUT2D eigenvalue weighted by molar-refractivity contribution is 5.70. The molecule has 2 nitrogen and oxygen atoms in total. The molecule has 4 saturated carbocycles. The van der Waals surface area contributed by atoms with Crippen molar-refractivity contribution in [1.29, 1.82) is 0 Å². The molecule has 0 aromatic heterocycles. The summed E-state index contributed by atoms with van der Waals surface area (Å²) in [4.78, 5) is 11.6. The molecule has 0 aromatic rings. The molecule has 90 valence electrons. The van der Waals surface area contributed by atoms with Crippen molar-refractivity contribution >= 4 is 5.97 Å². The van der Waals surface area contributed by atoms with E-state index in [1.807, 2.05) is 0 Å². The first-order chi connectivity index (χ1) is 7.53.